The molecule has 19 heavy (non-hydrogen) atoms. The van der Waals surface area contributed by atoms with E-state index in [1.165, 1.54) is 0 Å². The Morgan fingerprint density at radius 1 is 1.05 bits per heavy atom. The van der Waals surface area contributed by atoms with Gasteiger partial charge in [-0.25, -0.2) is 5.01 Å². The first-order valence-electron chi connectivity index (χ1n) is 6.78. The fraction of sp³-hybridized carbons (Fsp3) is 0.909. The number of nitrogens with one attached hydrogen (secondary N) is 1. The van der Waals surface area contributed by atoms with Gasteiger partial charge >= 0.3 is 5.97 Å². The van der Waals surface area contributed by atoms with Gasteiger partial charge < -0.3 is 5.11 Å². The molecule has 0 amide bonds. The van der Waals surface area contributed by atoms with Crippen LogP contribution in [0.2, 0.25) is 0 Å². The minimum atomic E-state index is -3.75. The molecule has 2 aliphatic rings. The molecule has 0 radical (unpaired) electrons. The van der Waals surface area contributed by atoms with E-state index in [4.69, 9.17) is 5.11 Å². The number of hydrogen-bond acceptors (Lipinski definition) is 4. The summed E-state index contributed by atoms with van der Waals surface area (Å²) < 4.78 is 25.6. The molecule has 2 saturated heterocycles. The number of nitrogens with zero attached hydrogens (tertiary/aromatic N) is 2. The van der Waals surface area contributed by atoms with Crippen molar-refractivity contribution < 1.29 is 18.3 Å². The molecule has 1 atom stereocenters. The summed E-state index contributed by atoms with van der Waals surface area (Å²) in [6.07, 6.45) is 4.89. The van der Waals surface area contributed by atoms with Gasteiger partial charge in [0.1, 0.15) is 6.04 Å². The van der Waals surface area contributed by atoms with Crippen molar-refractivity contribution in [1.29, 1.82) is 0 Å². The zero-order valence-corrected chi connectivity index (χ0v) is 11.7. The van der Waals surface area contributed by atoms with Crippen LogP contribution < -0.4 is 4.83 Å². The third-order valence-corrected chi connectivity index (χ3v) is 5.19. The molecule has 7 nitrogen and oxygen atoms in total. The molecule has 2 fully saturated rings. The first-order valence-corrected chi connectivity index (χ1v) is 8.22. The van der Waals surface area contributed by atoms with E-state index in [-0.39, 0.29) is 6.54 Å². The van der Waals surface area contributed by atoms with Crippen molar-refractivity contribution in [3.05, 3.63) is 0 Å². The highest BCUT2D eigenvalue weighted by Gasteiger charge is 2.37. The Balaban J connectivity index is 2.05. The van der Waals surface area contributed by atoms with E-state index >= 15 is 0 Å². The van der Waals surface area contributed by atoms with Crippen molar-refractivity contribution in [3.8, 4) is 0 Å². The van der Waals surface area contributed by atoms with Crippen LogP contribution in [0.3, 0.4) is 0 Å². The highest BCUT2D eigenvalue weighted by atomic mass is 32.2. The van der Waals surface area contributed by atoms with Crippen LogP contribution in [0, 0.1) is 0 Å². The van der Waals surface area contributed by atoms with E-state index in [2.05, 4.69) is 4.83 Å². The number of piperidine rings is 2. The third kappa shape index (κ3) is 3.65. The zero-order valence-electron chi connectivity index (χ0n) is 10.9. The number of rotatable bonds is 4. The molecular formula is C11H21N3O4S. The minimum Gasteiger partial charge on any atom is -0.480 e. The lowest BCUT2D eigenvalue weighted by Crippen LogP contribution is -2.56. The Labute approximate surface area is 113 Å². The number of carboxylic acids is 1. The van der Waals surface area contributed by atoms with Crippen LogP contribution in [0.4, 0.5) is 0 Å². The van der Waals surface area contributed by atoms with E-state index in [0.717, 1.165) is 30.0 Å². The van der Waals surface area contributed by atoms with Crippen LogP contribution in [0.15, 0.2) is 0 Å². The quantitative estimate of drug-likeness (QED) is 0.770. The lowest BCUT2D eigenvalue weighted by atomic mass is 10.1. The molecule has 1 unspecified atom stereocenters. The van der Waals surface area contributed by atoms with Crippen molar-refractivity contribution in [2.24, 2.45) is 0 Å². The predicted octanol–water partition coefficient (Wildman–Crippen LogP) is 0.161. The number of carboxylic acid groups (broad SMARTS) is 1. The second-order valence-electron chi connectivity index (χ2n) is 5.10. The van der Waals surface area contributed by atoms with Gasteiger partial charge in [0.2, 0.25) is 0 Å². The lowest BCUT2D eigenvalue weighted by Gasteiger charge is -2.35. The molecule has 2 N–H and O–H groups in total. The Hall–Kier alpha value is -0.700. The summed E-state index contributed by atoms with van der Waals surface area (Å²) in [5.74, 6) is -1.07. The number of hydrogen-bond donors (Lipinski definition) is 2. The van der Waals surface area contributed by atoms with Gasteiger partial charge in [-0.05, 0) is 32.1 Å². The Kier molecular flexibility index (Phi) is 4.77. The maximum Gasteiger partial charge on any atom is 0.322 e. The molecule has 0 spiro atoms. The van der Waals surface area contributed by atoms with Gasteiger partial charge in [0.05, 0.1) is 0 Å². The number of aliphatic carboxylic acids is 1. The molecule has 2 rings (SSSR count). The Bertz CT molecular complexity index is 420. The predicted molar refractivity (Wildman–Crippen MR) is 69.5 cm³/mol. The lowest BCUT2D eigenvalue weighted by molar-refractivity contribution is -0.142. The highest BCUT2D eigenvalue weighted by molar-refractivity contribution is 7.87. The topological polar surface area (TPSA) is 90.0 Å². The van der Waals surface area contributed by atoms with Crippen LogP contribution in [0.1, 0.15) is 38.5 Å². The van der Waals surface area contributed by atoms with Crippen LogP contribution in [0.5, 0.6) is 0 Å². The Morgan fingerprint density at radius 2 is 1.68 bits per heavy atom. The van der Waals surface area contributed by atoms with E-state index in [9.17, 15) is 13.2 Å². The standard InChI is InChI=1S/C11H21N3O4S/c15-11(16)10-6-2-5-9-14(10)19(17,18)12-13-7-3-1-4-8-13/h10,12H,1-9H2,(H,15,16). The fourth-order valence-electron chi connectivity index (χ4n) is 2.64. The molecule has 0 bridgehead atoms. The van der Waals surface area contributed by atoms with Crippen LogP contribution >= 0.6 is 0 Å². The van der Waals surface area contributed by atoms with E-state index in [1.54, 1.807) is 5.01 Å². The molecule has 8 heteroatoms. The molecular weight excluding hydrogens is 270 g/mol. The summed E-state index contributed by atoms with van der Waals surface area (Å²) in [5, 5.41) is 10.8. The third-order valence-electron chi connectivity index (χ3n) is 3.65. The van der Waals surface area contributed by atoms with E-state index in [1.807, 2.05) is 0 Å². The summed E-state index contributed by atoms with van der Waals surface area (Å²) in [5.41, 5.74) is 0. The minimum absolute atomic E-state index is 0.278. The van der Waals surface area contributed by atoms with Crippen molar-refractivity contribution in [1.82, 2.24) is 14.1 Å². The normalized spacial score (nSPS) is 27.3. The number of carbonyl (C=O) groups is 1. The zero-order chi connectivity index (χ0) is 13.9. The van der Waals surface area contributed by atoms with Crippen molar-refractivity contribution in [3.63, 3.8) is 0 Å². The molecule has 0 saturated carbocycles. The summed E-state index contributed by atoms with van der Waals surface area (Å²) in [7, 11) is -3.75. The van der Waals surface area contributed by atoms with Crippen LogP contribution in [-0.2, 0) is 15.0 Å². The summed E-state index contributed by atoms with van der Waals surface area (Å²) >= 11 is 0. The van der Waals surface area contributed by atoms with Crippen molar-refractivity contribution in [2.45, 2.75) is 44.6 Å². The molecule has 0 aliphatic carbocycles. The number of hydrazine groups is 1. The van der Waals surface area contributed by atoms with Gasteiger partial charge in [0.25, 0.3) is 10.2 Å². The summed E-state index contributed by atoms with van der Waals surface area (Å²) in [6, 6.07) is -0.934. The molecule has 0 aromatic carbocycles. The smallest absolute Gasteiger partial charge is 0.322 e. The van der Waals surface area contributed by atoms with Crippen LogP contribution in [0.25, 0.3) is 0 Å². The second-order valence-corrected chi connectivity index (χ2v) is 6.71. The maximum atomic E-state index is 12.3. The molecule has 110 valence electrons. The molecule has 2 heterocycles. The molecule has 0 aromatic heterocycles. The highest BCUT2D eigenvalue weighted by Crippen LogP contribution is 2.20. The second kappa shape index (κ2) is 6.17. The molecule has 0 aromatic rings. The van der Waals surface area contributed by atoms with Gasteiger partial charge in [-0.2, -0.15) is 12.7 Å². The van der Waals surface area contributed by atoms with E-state index in [0.29, 0.717) is 25.9 Å². The van der Waals surface area contributed by atoms with E-state index < -0.39 is 22.2 Å². The average Bonchev–Trinajstić information content (AvgIpc) is 2.39. The van der Waals surface area contributed by atoms with Gasteiger partial charge in [-0.15, -0.1) is 4.83 Å². The summed E-state index contributed by atoms with van der Waals surface area (Å²) in [6.45, 7) is 1.65. The first-order chi connectivity index (χ1) is 9.00. The van der Waals surface area contributed by atoms with Crippen molar-refractivity contribution in [2.75, 3.05) is 19.6 Å². The summed E-state index contributed by atoms with van der Waals surface area (Å²) in [4.78, 5) is 13.7. The fourth-order valence-corrected chi connectivity index (χ4v) is 4.15. The monoisotopic (exact) mass is 291 g/mol. The van der Waals surface area contributed by atoms with Gasteiger partial charge in [-0.3, -0.25) is 4.79 Å². The average molecular weight is 291 g/mol. The maximum absolute atomic E-state index is 12.3. The SMILES string of the molecule is O=C(O)C1CCCCN1S(=O)(=O)NN1CCCCC1. The van der Waals surface area contributed by atoms with Crippen LogP contribution in [-0.4, -0.2) is 54.5 Å². The largest absolute Gasteiger partial charge is 0.480 e. The molecule has 2 aliphatic heterocycles. The van der Waals surface area contributed by atoms with Gasteiger partial charge in [0, 0.05) is 19.6 Å². The van der Waals surface area contributed by atoms with Gasteiger partial charge in [0.15, 0.2) is 0 Å². The first kappa shape index (κ1) is 14.7. The van der Waals surface area contributed by atoms with Crippen molar-refractivity contribution >= 4 is 16.2 Å². The van der Waals surface area contributed by atoms with Gasteiger partial charge in [-0.1, -0.05) is 6.42 Å². The Morgan fingerprint density at radius 3 is 2.32 bits per heavy atom.